The zero-order chi connectivity index (χ0) is 25.5. The van der Waals surface area contributed by atoms with E-state index in [4.69, 9.17) is 20.9 Å². The topological polar surface area (TPSA) is 82.5 Å². The molecule has 0 aliphatic heterocycles. The third kappa shape index (κ3) is 38.5. The summed E-state index contributed by atoms with van der Waals surface area (Å²) in [6.07, 6.45) is 22.8. The van der Waals surface area contributed by atoms with Crippen LogP contribution in [0, 0.1) is 0 Å². The van der Waals surface area contributed by atoms with Gasteiger partial charge in [-0.05, 0) is 72.1 Å². The Hall–Kier alpha value is -0.200. The minimum absolute atomic E-state index is 0. The highest BCUT2D eigenvalue weighted by atomic mass is 16.5. The zero-order valence-corrected chi connectivity index (χ0v) is 23.9. The third-order valence-corrected chi connectivity index (χ3v) is 6.14. The van der Waals surface area contributed by atoms with Crippen molar-refractivity contribution in [2.75, 3.05) is 39.4 Å². The number of nitrogens with two attached hydrogens (primary N) is 2. The van der Waals surface area contributed by atoms with Crippen molar-refractivity contribution in [3.63, 3.8) is 0 Å². The standard InChI is InChI=1S/C16H36N2O.C13H29NO.CH4/c1-3-4-5-6-7-8-11-16(2)19-15-10-14-18-13-9-12-17;1-3-4-5-6-7-8-10-13(2)15-12-9-11-14;/h16,18H,3-15,17H2,1-2H3;13H,3-12,14H2,1-2H3;1H4. The van der Waals surface area contributed by atoms with Crippen molar-refractivity contribution in [1.82, 2.24) is 5.32 Å². The van der Waals surface area contributed by atoms with E-state index in [0.29, 0.717) is 12.2 Å². The molecule has 2 atom stereocenters. The van der Waals surface area contributed by atoms with Crippen LogP contribution in [-0.4, -0.2) is 51.6 Å². The van der Waals surface area contributed by atoms with Crippen molar-refractivity contribution in [2.45, 2.75) is 156 Å². The predicted octanol–water partition coefficient (Wildman–Crippen LogP) is 7.60. The van der Waals surface area contributed by atoms with Crippen LogP contribution in [0.3, 0.4) is 0 Å². The Labute approximate surface area is 222 Å². The van der Waals surface area contributed by atoms with Crippen LogP contribution in [0.4, 0.5) is 0 Å². The molecule has 0 fully saturated rings. The molecule has 0 rings (SSSR count). The molecule has 0 aliphatic carbocycles. The maximum Gasteiger partial charge on any atom is 0.0547 e. The fraction of sp³-hybridized carbons (Fsp3) is 1.00. The number of hydrogen-bond donors (Lipinski definition) is 3. The molecule has 0 heterocycles. The first kappa shape index (κ1) is 39.3. The summed E-state index contributed by atoms with van der Waals surface area (Å²) in [4.78, 5) is 0. The molecule has 0 saturated heterocycles. The lowest BCUT2D eigenvalue weighted by Crippen LogP contribution is -2.21. The highest BCUT2D eigenvalue weighted by molar-refractivity contribution is 4.54. The first-order valence-corrected chi connectivity index (χ1v) is 15.0. The van der Waals surface area contributed by atoms with E-state index in [1.807, 2.05) is 0 Å². The van der Waals surface area contributed by atoms with Crippen LogP contribution in [0.2, 0.25) is 0 Å². The summed E-state index contributed by atoms with van der Waals surface area (Å²) in [6.45, 7) is 14.2. The third-order valence-electron chi connectivity index (χ3n) is 6.14. The van der Waals surface area contributed by atoms with Gasteiger partial charge in [-0.25, -0.2) is 0 Å². The number of rotatable bonds is 26. The van der Waals surface area contributed by atoms with Crippen molar-refractivity contribution in [3.8, 4) is 0 Å². The maximum absolute atomic E-state index is 5.81. The first-order valence-electron chi connectivity index (χ1n) is 15.0. The Morgan fingerprint density at radius 1 is 0.543 bits per heavy atom. The van der Waals surface area contributed by atoms with Gasteiger partial charge in [0.2, 0.25) is 0 Å². The summed E-state index contributed by atoms with van der Waals surface area (Å²) in [6, 6.07) is 0. The summed E-state index contributed by atoms with van der Waals surface area (Å²) >= 11 is 0. The second kappa shape index (κ2) is 36.0. The molecule has 5 nitrogen and oxygen atoms in total. The Morgan fingerprint density at radius 3 is 1.40 bits per heavy atom. The van der Waals surface area contributed by atoms with Crippen LogP contribution in [-0.2, 0) is 9.47 Å². The second-order valence-electron chi connectivity index (χ2n) is 9.86. The summed E-state index contributed by atoms with van der Waals surface area (Å²) in [7, 11) is 0. The molecule has 35 heavy (non-hydrogen) atoms. The van der Waals surface area contributed by atoms with Gasteiger partial charge in [0.1, 0.15) is 0 Å². The van der Waals surface area contributed by atoms with Crippen LogP contribution < -0.4 is 16.8 Å². The zero-order valence-electron chi connectivity index (χ0n) is 23.9. The van der Waals surface area contributed by atoms with Crippen LogP contribution in [0.15, 0.2) is 0 Å². The molecule has 2 unspecified atom stereocenters. The monoisotopic (exact) mass is 504 g/mol. The molecule has 0 bridgehead atoms. The molecular formula is C30H69N3O2. The number of ether oxygens (including phenoxy) is 2. The second-order valence-corrected chi connectivity index (χ2v) is 9.86. The average Bonchev–Trinajstić information content (AvgIpc) is 2.83. The van der Waals surface area contributed by atoms with Crippen molar-refractivity contribution in [2.24, 2.45) is 11.5 Å². The number of unbranched alkanes of at least 4 members (excludes halogenated alkanes) is 10. The Kier molecular flexibility index (Phi) is 40.4. The lowest BCUT2D eigenvalue weighted by molar-refractivity contribution is 0.0569. The molecule has 0 aliphatic rings. The molecule has 0 aromatic heterocycles. The summed E-state index contributed by atoms with van der Waals surface area (Å²) in [5, 5.41) is 3.37. The van der Waals surface area contributed by atoms with Gasteiger partial charge < -0.3 is 26.3 Å². The molecule has 0 aromatic carbocycles. The Balaban J connectivity index is -0.000000584. The van der Waals surface area contributed by atoms with Gasteiger partial charge in [0.05, 0.1) is 12.2 Å². The first-order chi connectivity index (χ1) is 16.6. The van der Waals surface area contributed by atoms with Crippen LogP contribution in [0.1, 0.15) is 144 Å². The van der Waals surface area contributed by atoms with E-state index < -0.39 is 0 Å². The van der Waals surface area contributed by atoms with Gasteiger partial charge >= 0.3 is 0 Å². The fourth-order valence-electron chi connectivity index (χ4n) is 3.79. The van der Waals surface area contributed by atoms with E-state index in [2.05, 4.69) is 33.0 Å². The molecule has 5 heteroatoms. The minimum Gasteiger partial charge on any atom is -0.378 e. The normalized spacial score (nSPS) is 12.5. The van der Waals surface area contributed by atoms with Crippen LogP contribution in [0.25, 0.3) is 0 Å². The van der Waals surface area contributed by atoms with Gasteiger partial charge in [-0.1, -0.05) is 98.3 Å². The number of hydrogen-bond acceptors (Lipinski definition) is 5. The van der Waals surface area contributed by atoms with E-state index in [9.17, 15) is 0 Å². The average molecular weight is 504 g/mol. The highest BCUT2D eigenvalue weighted by Crippen LogP contribution is 2.11. The molecule has 0 saturated carbocycles. The van der Waals surface area contributed by atoms with Crippen molar-refractivity contribution in [1.29, 1.82) is 0 Å². The van der Waals surface area contributed by atoms with Gasteiger partial charge in [0, 0.05) is 13.2 Å². The summed E-state index contributed by atoms with van der Waals surface area (Å²) in [5.41, 5.74) is 10.8. The number of nitrogens with one attached hydrogen (secondary N) is 1. The molecule has 0 aromatic rings. The van der Waals surface area contributed by atoms with Gasteiger partial charge in [0.15, 0.2) is 0 Å². The Morgan fingerprint density at radius 2 is 0.943 bits per heavy atom. The van der Waals surface area contributed by atoms with Crippen molar-refractivity contribution in [3.05, 3.63) is 0 Å². The van der Waals surface area contributed by atoms with E-state index in [1.165, 1.54) is 89.9 Å². The van der Waals surface area contributed by atoms with Gasteiger partial charge in [-0.15, -0.1) is 0 Å². The molecular weight excluding hydrogens is 434 g/mol. The van der Waals surface area contributed by atoms with Gasteiger partial charge in [-0.2, -0.15) is 0 Å². The Bertz CT molecular complexity index is 346. The van der Waals surface area contributed by atoms with Gasteiger partial charge in [0.25, 0.3) is 0 Å². The fourth-order valence-corrected chi connectivity index (χ4v) is 3.79. The predicted molar refractivity (Wildman–Crippen MR) is 158 cm³/mol. The highest BCUT2D eigenvalue weighted by Gasteiger charge is 2.02. The molecule has 216 valence electrons. The van der Waals surface area contributed by atoms with Crippen LogP contribution in [0.5, 0.6) is 0 Å². The largest absolute Gasteiger partial charge is 0.378 e. The van der Waals surface area contributed by atoms with Crippen molar-refractivity contribution < 1.29 is 9.47 Å². The summed E-state index contributed by atoms with van der Waals surface area (Å²) in [5.74, 6) is 0. The van der Waals surface area contributed by atoms with E-state index in [0.717, 1.165) is 58.7 Å². The molecule has 0 spiro atoms. The maximum atomic E-state index is 5.81. The smallest absolute Gasteiger partial charge is 0.0547 e. The van der Waals surface area contributed by atoms with E-state index in [-0.39, 0.29) is 7.43 Å². The van der Waals surface area contributed by atoms with Crippen LogP contribution >= 0.6 is 0 Å². The van der Waals surface area contributed by atoms with E-state index in [1.54, 1.807) is 0 Å². The molecule has 5 N–H and O–H groups in total. The lowest BCUT2D eigenvalue weighted by atomic mass is 10.1. The van der Waals surface area contributed by atoms with E-state index >= 15 is 0 Å². The lowest BCUT2D eigenvalue weighted by Gasteiger charge is -2.13. The minimum atomic E-state index is 0. The van der Waals surface area contributed by atoms with Gasteiger partial charge in [-0.3, -0.25) is 0 Å². The molecule has 0 amide bonds. The quantitative estimate of drug-likeness (QED) is 0.106. The summed E-state index contributed by atoms with van der Waals surface area (Å²) < 4.78 is 11.4. The van der Waals surface area contributed by atoms with Crippen molar-refractivity contribution >= 4 is 0 Å². The molecule has 0 radical (unpaired) electrons. The SMILES string of the molecule is C.CCCCCCCCC(C)OCCCN.CCCCCCCCC(C)OCCCNCCCN.